The fraction of sp³-hybridized carbons (Fsp3) is 0.650. The standard InChI is InChI=1S/C20H30N2O2.ClH/c1-20(21)12-6-5-9-18(20)19(23)22-13-10-16(11-14-22)15-24-17-7-3-2-4-8-17;/h2-4,7-8,16,18H,5-6,9-15,21H2,1H3;1H. The summed E-state index contributed by atoms with van der Waals surface area (Å²) < 4.78 is 5.87. The molecular formula is C20H31ClN2O2. The Bertz CT molecular complexity index is 542. The van der Waals surface area contributed by atoms with Gasteiger partial charge < -0.3 is 15.4 Å². The number of para-hydroxylation sites is 1. The molecule has 1 amide bonds. The van der Waals surface area contributed by atoms with E-state index in [9.17, 15) is 4.79 Å². The monoisotopic (exact) mass is 366 g/mol. The smallest absolute Gasteiger partial charge is 0.227 e. The maximum Gasteiger partial charge on any atom is 0.227 e. The van der Waals surface area contributed by atoms with Gasteiger partial charge in [0.15, 0.2) is 0 Å². The number of carbonyl (C=O) groups is 1. The van der Waals surface area contributed by atoms with Crippen molar-refractivity contribution in [2.75, 3.05) is 19.7 Å². The Morgan fingerprint density at radius 2 is 1.88 bits per heavy atom. The second kappa shape index (κ2) is 8.91. The molecule has 0 radical (unpaired) electrons. The topological polar surface area (TPSA) is 55.6 Å². The van der Waals surface area contributed by atoms with Crippen LogP contribution in [0.2, 0.25) is 0 Å². The van der Waals surface area contributed by atoms with Gasteiger partial charge in [0, 0.05) is 18.6 Å². The molecule has 2 unspecified atom stereocenters. The third-order valence-corrected chi connectivity index (χ3v) is 5.71. The molecule has 3 rings (SSSR count). The fourth-order valence-electron chi connectivity index (χ4n) is 4.04. The van der Waals surface area contributed by atoms with Crippen LogP contribution in [0.1, 0.15) is 45.4 Å². The van der Waals surface area contributed by atoms with Gasteiger partial charge >= 0.3 is 0 Å². The van der Waals surface area contributed by atoms with Crippen LogP contribution in [-0.2, 0) is 4.79 Å². The van der Waals surface area contributed by atoms with Crippen molar-refractivity contribution in [3.05, 3.63) is 30.3 Å². The molecule has 5 heteroatoms. The lowest BCUT2D eigenvalue weighted by Gasteiger charge is -2.41. The number of nitrogens with zero attached hydrogens (tertiary/aromatic N) is 1. The summed E-state index contributed by atoms with van der Waals surface area (Å²) >= 11 is 0. The van der Waals surface area contributed by atoms with E-state index in [1.807, 2.05) is 35.2 Å². The van der Waals surface area contributed by atoms with Gasteiger partial charge in [-0.05, 0) is 50.7 Å². The summed E-state index contributed by atoms with van der Waals surface area (Å²) in [6.07, 6.45) is 6.23. The maximum absolute atomic E-state index is 12.9. The summed E-state index contributed by atoms with van der Waals surface area (Å²) in [5, 5.41) is 0. The molecule has 1 aromatic rings. The maximum atomic E-state index is 12.9. The third-order valence-electron chi connectivity index (χ3n) is 5.71. The molecule has 1 aliphatic carbocycles. The van der Waals surface area contributed by atoms with Crippen molar-refractivity contribution in [2.24, 2.45) is 17.6 Å². The zero-order valence-corrected chi connectivity index (χ0v) is 16.0. The molecule has 2 fully saturated rings. The minimum Gasteiger partial charge on any atom is -0.493 e. The van der Waals surface area contributed by atoms with E-state index in [0.29, 0.717) is 5.92 Å². The number of carbonyl (C=O) groups excluding carboxylic acids is 1. The lowest BCUT2D eigenvalue weighted by atomic mass is 9.73. The predicted molar refractivity (Wildman–Crippen MR) is 103 cm³/mol. The number of ether oxygens (including phenoxy) is 1. The zero-order chi connectivity index (χ0) is 17.0. The number of hydrogen-bond donors (Lipinski definition) is 1. The van der Waals surface area contributed by atoms with E-state index in [1.54, 1.807) is 0 Å². The Hall–Kier alpha value is -1.26. The first-order valence-electron chi connectivity index (χ1n) is 9.32. The highest BCUT2D eigenvalue weighted by molar-refractivity contribution is 5.85. The van der Waals surface area contributed by atoms with Gasteiger partial charge in [0.1, 0.15) is 5.75 Å². The average Bonchev–Trinajstić information content (AvgIpc) is 2.60. The first-order valence-corrected chi connectivity index (χ1v) is 9.32. The molecule has 2 atom stereocenters. The zero-order valence-electron chi connectivity index (χ0n) is 15.2. The van der Waals surface area contributed by atoms with Gasteiger partial charge in [0.05, 0.1) is 12.5 Å². The van der Waals surface area contributed by atoms with Gasteiger partial charge in [-0.2, -0.15) is 0 Å². The van der Waals surface area contributed by atoms with Crippen molar-refractivity contribution in [1.82, 2.24) is 4.90 Å². The number of hydrogen-bond acceptors (Lipinski definition) is 3. The number of halogens is 1. The Balaban J connectivity index is 0.00000225. The van der Waals surface area contributed by atoms with Gasteiger partial charge in [0.2, 0.25) is 5.91 Å². The molecule has 2 N–H and O–H groups in total. The van der Waals surface area contributed by atoms with Crippen molar-refractivity contribution < 1.29 is 9.53 Å². The average molecular weight is 367 g/mol. The number of benzene rings is 1. The van der Waals surface area contributed by atoms with Crippen LogP contribution in [0.4, 0.5) is 0 Å². The van der Waals surface area contributed by atoms with Crippen molar-refractivity contribution in [1.29, 1.82) is 0 Å². The first-order chi connectivity index (χ1) is 11.6. The molecule has 2 aliphatic rings. The van der Waals surface area contributed by atoms with E-state index in [-0.39, 0.29) is 29.8 Å². The van der Waals surface area contributed by atoms with Crippen LogP contribution in [0, 0.1) is 11.8 Å². The molecule has 0 spiro atoms. The van der Waals surface area contributed by atoms with E-state index >= 15 is 0 Å². The van der Waals surface area contributed by atoms with E-state index in [0.717, 1.165) is 64.0 Å². The molecule has 25 heavy (non-hydrogen) atoms. The Kier molecular flexibility index (Phi) is 7.14. The summed E-state index contributed by atoms with van der Waals surface area (Å²) in [4.78, 5) is 14.9. The molecule has 4 nitrogen and oxygen atoms in total. The molecule has 0 bridgehead atoms. The molecule has 1 saturated heterocycles. The quantitative estimate of drug-likeness (QED) is 0.885. The molecule has 1 aromatic carbocycles. The molecule has 1 aliphatic heterocycles. The van der Waals surface area contributed by atoms with Crippen LogP contribution in [0.5, 0.6) is 5.75 Å². The van der Waals surface area contributed by atoms with Crippen LogP contribution < -0.4 is 10.5 Å². The normalized spacial score (nSPS) is 27.4. The van der Waals surface area contributed by atoms with E-state index in [2.05, 4.69) is 6.92 Å². The van der Waals surface area contributed by atoms with Gasteiger partial charge in [-0.25, -0.2) is 0 Å². The first kappa shape index (κ1) is 20.1. The number of amides is 1. The minimum absolute atomic E-state index is 0. The summed E-state index contributed by atoms with van der Waals surface area (Å²) in [6, 6.07) is 9.95. The molecule has 1 heterocycles. The van der Waals surface area contributed by atoms with Crippen molar-refractivity contribution in [2.45, 2.75) is 51.0 Å². The van der Waals surface area contributed by atoms with E-state index < -0.39 is 0 Å². The highest BCUT2D eigenvalue weighted by Crippen LogP contribution is 2.34. The van der Waals surface area contributed by atoms with Crippen LogP contribution >= 0.6 is 12.4 Å². The lowest BCUT2D eigenvalue weighted by Crippen LogP contribution is -2.55. The van der Waals surface area contributed by atoms with Crippen LogP contribution in [0.25, 0.3) is 0 Å². The molecular weight excluding hydrogens is 336 g/mol. The van der Waals surface area contributed by atoms with Gasteiger partial charge in [-0.1, -0.05) is 31.0 Å². The number of nitrogens with two attached hydrogens (primary N) is 1. The molecule has 0 aromatic heterocycles. The summed E-state index contributed by atoms with van der Waals surface area (Å²) in [5.74, 6) is 1.74. The summed E-state index contributed by atoms with van der Waals surface area (Å²) in [5.41, 5.74) is 6.07. The van der Waals surface area contributed by atoms with E-state index in [4.69, 9.17) is 10.5 Å². The summed E-state index contributed by atoms with van der Waals surface area (Å²) in [6.45, 7) is 4.47. The summed E-state index contributed by atoms with van der Waals surface area (Å²) in [7, 11) is 0. The highest BCUT2D eigenvalue weighted by atomic mass is 35.5. The fourth-order valence-corrected chi connectivity index (χ4v) is 4.04. The minimum atomic E-state index is -0.331. The second-order valence-electron chi connectivity index (χ2n) is 7.70. The van der Waals surface area contributed by atoms with Crippen molar-refractivity contribution in [3.63, 3.8) is 0 Å². The van der Waals surface area contributed by atoms with Gasteiger partial charge in [-0.3, -0.25) is 4.79 Å². The number of rotatable bonds is 4. The molecule has 140 valence electrons. The Morgan fingerprint density at radius 1 is 1.20 bits per heavy atom. The second-order valence-corrected chi connectivity index (χ2v) is 7.70. The SMILES string of the molecule is CC1(N)CCCCC1C(=O)N1CCC(COc2ccccc2)CC1.Cl. The Labute approximate surface area is 157 Å². The van der Waals surface area contributed by atoms with Crippen LogP contribution in [0.3, 0.4) is 0 Å². The van der Waals surface area contributed by atoms with Crippen molar-refractivity contribution in [3.8, 4) is 5.75 Å². The predicted octanol–water partition coefficient (Wildman–Crippen LogP) is 3.63. The number of likely N-dealkylation sites (tertiary alicyclic amines) is 1. The van der Waals surface area contributed by atoms with Gasteiger partial charge in [0.25, 0.3) is 0 Å². The number of piperidine rings is 1. The van der Waals surface area contributed by atoms with E-state index in [1.165, 1.54) is 0 Å². The highest BCUT2D eigenvalue weighted by Gasteiger charge is 2.40. The van der Waals surface area contributed by atoms with Crippen molar-refractivity contribution >= 4 is 18.3 Å². The van der Waals surface area contributed by atoms with Gasteiger partial charge in [-0.15, -0.1) is 12.4 Å². The lowest BCUT2D eigenvalue weighted by molar-refractivity contribution is -0.140. The van der Waals surface area contributed by atoms with Crippen LogP contribution in [-0.4, -0.2) is 36.0 Å². The largest absolute Gasteiger partial charge is 0.493 e. The Morgan fingerprint density at radius 3 is 2.52 bits per heavy atom. The van der Waals surface area contributed by atoms with Crippen LogP contribution in [0.15, 0.2) is 30.3 Å². The molecule has 1 saturated carbocycles. The third kappa shape index (κ3) is 5.11.